The highest BCUT2D eigenvalue weighted by atomic mass is 32.2. The lowest BCUT2D eigenvalue weighted by atomic mass is 10.1. The molecule has 1 aliphatic heterocycles. The van der Waals surface area contributed by atoms with Crippen molar-refractivity contribution >= 4 is 23.4 Å². The Balaban J connectivity index is 2.22. The predicted octanol–water partition coefficient (Wildman–Crippen LogP) is 1.77. The van der Waals surface area contributed by atoms with Crippen molar-refractivity contribution in [2.24, 2.45) is 0 Å². The van der Waals surface area contributed by atoms with Crippen LogP contribution in [0.1, 0.15) is 15.9 Å². The number of rotatable bonds is 1. The molecule has 0 radical (unpaired) electrons. The van der Waals surface area contributed by atoms with Gasteiger partial charge in [-0.2, -0.15) is 11.8 Å². The van der Waals surface area contributed by atoms with Crippen molar-refractivity contribution < 1.29 is 4.79 Å². The van der Waals surface area contributed by atoms with Gasteiger partial charge >= 0.3 is 0 Å². The molecule has 0 saturated carbocycles. The van der Waals surface area contributed by atoms with Crippen LogP contribution < -0.4 is 5.73 Å². The highest BCUT2D eigenvalue weighted by Gasteiger charge is 2.20. The van der Waals surface area contributed by atoms with Crippen molar-refractivity contribution in [1.29, 1.82) is 0 Å². The van der Waals surface area contributed by atoms with Crippen LogP contribution in [0.3, 0.4) is 0 Å². The molecule has 1 aromatic rings. The van der Waals surface area contributed by atoms with Crippen LogP contribution in [0.4, 0.5) is 5.69 Å². The molecule has 1 aromatic carbocycles. The topological polar surface area (TPSA) is 46.3 Å². The van der Waals surface area contributed by atoms with E-state index in [4.69, 9.17) is 5.73 Å². The lowest BCUT2D eigenvalue weighted by Gasteiger charge is -2.27. The Morgan fingerprint density at radius 2 is 2.06 bits per heavy atom. The molecule has 0 aliphatic carbocycles. The monoisotopic (exact) mass is 236 g/mol. The molecule has 2 N–H and O–H groups in total. The Hall–Kier alpha value is -1.16. The summed E-state index contributed by atoms with van der Waals surface area (Å²) in [6.45, 7) is 3.59. The van der Waals surface area contributed by atoms with E-state index in [9.17, 15) is 4.79 Å². The van der Waals surface area contributed by atoms with Crippen molar-refractivity contribution in [3.63, 3.8) is 0 Å². The van der Waals surface area contributed by atoms with E-state index in [1.54, 1.807) is 0 Å². The molecule has 1 aliphatic rings. The van der Waals surface area contributed by atoms with Gasteiger partial charge in [0, 0.05) is 35.8 Å². The zero-order chi connectivity index (χ0) is 11.5. The van der Waals surface area contributed by atoms with Gasteiger partial charge < -0.3 is 10.6 Å². The first-order valence-electron chi connectivity index (χ1n) is 5.42. The number of benzene rings is 1. The second kappa shape index (κ2) is 4.78. The quantitative estimate of drug-likeness (QED) is 0.756. The number of hydrogen-bond donors (Lipinski definition) is 1. The Kier molecular flexibility index (Phi) is 3.39. The van der Waals surface area contributed by atoms with E-state index in [1.807, 2.05) is 41.8 Å². The third-order valence-corrected chi connectivity index (χ3v) is 3.85. The zero-order valence-corrected chi connectivity index (χ0v) is 10.2. The maximum absolute atomic E-state index is 12.2. The molecular formula is C12H16N2OS. The molecule has 0 spiro atoms. The number of nitrogens with two attached hydrogens (primary N) is 1. The van der Waals surface area contributed by atoms with Gasteiger partial charge in [-0.1, -0.05) is 6.07 Å². The molecule has 0 unspecified atom stereocenters. The summed E-state index contributed by atoms with van der Waals surface area (Å²) in [7, 11) is 0. The van der Waals surface area contributed by atoms with Crippen LogP contribution in [0.5, 0.6) is 0 Å². The Labute approximate surface area is 100.0 Å². The smallest absolute Gasteiger partial charge is 0.254 e. The van der Waals surface area contributed by atoms with E-state index in [1.165, 1.54) is 0 Å². The fourth-order valence-electron chi connectivity index (χ4n) is 1.82. The molecule has 1 amide bonds. The summed E-state index contributed by atoms with van der Waals surface area (Å²) in [6, 6.07) is 5.53. The average Bonchev–Trinajstić information content (AvgIpc) is 2.33. The summed E-state index contributed by atoms with van der Waals surface area (Å²) in [6.07, 6.45) is 0. The van der Waals surface area contributed by atoms with Gasteiger partial charge in [0.1, 0.15) is 0 Å². The van der Waals surface area contributed by atoms with Crippen LogP contribution in [0, 0.1) is 6.92 Å². The number of anilines is 1. The first kappa shape index (κ1) is 11.3. The highest BCUT2D eigenvalue weighted by Crippen LogP contribution is 2.19. The summed E-state index contributed by atoms with van der Waals surface area (Å²) < 4.78 is 0. The van der Waals surface area contributed by atoms with E-state index >= 15 is 0 Å². The average molecular weight is 236 g/mol. The van der Waals surface area contributed by atoms with Gasteiger partial charge in [-0.3, -0.25) is 4.79 Å². The Bertz CT molecular complexity index is 400. The number of carbonyl (C=O) groups excluding carboxylic acids is 1. The normalized spacial score (nSPS) is 16.2. The van der Waals surface area contributed by atoms with Gasteiger partial charge in [-0.05, 0) is 24.6 Å². The molecule has 1 heterocycles. The third-order valence-electron chi connectivity index (χ3n) is 2.90. The number of thioether (sulfide) groups is 1. The lowest BCUT2D eigenvalue weighted by Crippen LogP contribution is -2.38. The first-order chi connectivity index (χ1) is 7.70. The molecule has 16 heavy (non-hydrogen) atoms. The zero-order valence-electron chi connectivity index (χ0n) is 9.40. The SMILES string of the molecule is Cc1c(N)cccc1C(=O)N1CCSCC1. The van der Waals surface area contributed by atoms with E-state index in [0.717, 1.165) is 35.7 Å². The molecule has 0 bridgehead atoms. The van der Waals surface area contributed by atoms with Gasteiger partial charge in [0.05, 0.1) is 0 Å². The third kappa shape index (κ3) is 2.16. The molecule has 0 atom stereocenters. The summed E-state index contributed by atoms with van der Waals surface area (Å²) >= 11 is 1.90. The summed E-state index contributed by atoms with van der Waals surface area (Å²) in [5.41, 5.74) is 8.14. The van der Waals surface area contributed by atoms with Crippen LogP contribution in [0.15, 0.2) is 18.2 Å². The summed E-state index contributed by atoms with van der Waals surface area (Å²) in [4.78, 5) is 14.1. The van der Waals surface area contributed by atoms with Crippen LogP contribution in [0.2, 0.25) is 0 Å². The van der Waals surface area contributed by atoms with Crippen LogP contribution in [-0.2, 0) is 0 Å². The van der Waals surface area contributed by atoms with Crippen molar-refractivity contribution in [3.05, 3.63) is 29.3 Å². The number of carbonyl (C=O) groups is 1. The highest BCUT2D eigenvalue weighted by molar-refractivity contribution is 7.99. The minimum Gasteiger partial charge on any atom is -0.398 e. The first-order valence-corrected chi connectivity index (χ1v) is 6.57. The molecule has 3 nitrogen and oxygen atoms in total. The summed E-state index contributed by atoms with van der Waals surface area (Å²) in [5, 5.41) is 0. The lowest BCUT2D eigenvalue weighted by molar-refractivity contribution is 0.0771. The molecule has 86 valence electrons. The number of nitrogens with zero attached hydrogens (tertiary/aromatic N) is 1. The predicted molar refractivity (Wildman–Crippen MR) is 68.8 cm³/mol. The van der Waals surface area contributed by atoms with E-state index < -0.39 is 0 Å². The minimum absolute atomic E-state index is 0.116. The maximum atomic E-state index is 12.2. The number of amides is 1. The maximum Gasteiger partial charge on any atom is 0.254 e. The number of nitrogen functional groups attached to an aromatic ring is 1. The van der Waals surface area contributed by atoms with Gasteiger partial charge in [-0.25, -0.2) is 0 Å². The van der Waals surface area contributed by atoms with Crippen molar-refractivity contribution in [2.75, 3.05) is 30.3 Å². The van der Waals surface area contributed by atoms with Gasteiger partial charge in [0.25, 0.3) is 5.91 Å². The fourth-order valence-corrected chi connectivity index (χ4v) is 2.73. The van der Waals surface area contributed by atoms with Gasteiger partial charge in [0.2, 0.25) is 0 Å². The van der Waals surface area contributed by atoms with Crippen molar-refractivity contribution in [2.45, 2.75) is 6.92 Å². The van der Waals surface area contributed by atoms with Crippen molar-refractivity contribution in [3.8, 4) is 0 Å². The Morgan fingerprint density at radius 1 is 1.38 bits per heavy atom. The number of hydrogen-bond acceptors (Lipinski definition) is 3. The van der Waals surface area contributed by atoms with E-state index in [2.05, 4.69) is 0 Å². The van der Waals surface area contributed by atoms with E-state index in [-0.39, 0.29) is 5.91 Å². The molecular weight excluding hydrogens is 220 g/mol. The molecule has 1 saturated heterocycles. The second-order valence-corrected chi connectivity index (χ2v) is 5.15. The van der Waals surface area contributed by atoms with E-state index in [0.29, 0.717) is 5.69 Å². The van der Waals surface area contributed by atoms with Crippen LogP contribution in [0.25, 0.3) is 0 Å². The van der Waals surface area contributed by atoms with Crippen molar-refractivity contribution in [1.82, 2.24) is 4.90 Å². The molecule has 0 aromatic heterocycles. The van der Waals surface area contributed by atoms with Gasteiger partial charge in [0.15, 0.2) is 0 Å². The fraction of sp³-hybridized carbons (Fsp3) is 0.417. The van der Waals surface area contributed by atoms with Crippen LogP contribution >= 0.6 is 11.8 Å². The molecule has 4 heteroatoms. The Morgan fingerprint density at radius 3 is 2.75 bits per heavy atom. The minimum atomic E-state index is 0.116. The standard InChI is InChI=1S/C12H16N2OS/c1-9-10(3-2-4-11(9)13)12(15)14-5-7-16-8-6-14/h2-4H,5-8,13H2,1H3. The van der Waals surface area contributed by atoms with Crippen LogP contribution in [-0.4, -0.2) is 35.4 Å². The molecule has 1 fully saturated rings. The second-order valence-electron chi connectivity index (χ2n) is 3.92. The largest absolute Gasteiger partial charge is 0.398 e. The molecule has 2 rings (SSSR count). The summed E-state index contributed by atoms with van der Waals surface area (Å²) in [5.74, 6) is 2.19. The van der Waals surface area contributed by atoms with Gasteiger partial charge in [-0.15, -0.1) is 0 Å².